The van der Waals surface area contributed by atoms with Crippen LogP contribution >= 0.6 is 11.8 Å². The molecule has 0 aliphatic carbocycles. The molecule has 0 aliphatic rings. The van der Waals surface area contributed by atoms with Crippen LogP contribution in [-0.2, 0) is 4.79 Å². The first-order valence-corrected chi connectivity index (χ1v) is 7.63. The van der Waals surface area contributed by atoms with Crippen molar-refractivity contribution in [1.82, 2.24) is 0 Å². The Bertz CT molecular complexity index is 434. The van der Waals surface area contributed by atoms with Gasteiger partial charge < -0.3 is 5.32 Å². The molecule has 0 unspecified atom stereocenters. The molecule has 1 amide bonds. The lowest BCUT2D eigenvalue weighted by Crippen LogP contribution is -2.14. The minimum Gasteiger partial charge on any atom is -0.325 e. The fraction of sp³-hybridized carbons (Fsp3) is 0.467. The maximum absolute atomic E-state index is 11.7. The van der Waals surface area contributed by atoms with E-state index in [2.05, 4.69) is 25.2 Å². The number of benzene rings is 1. The molecule has 0 aromatic heterocycles. The number of unbranched alkanes of at least 4 members (excludes halogenated alkanes) is 1. The molecule has 0 atom stereocenters. The van der Waals surface area contributed by atoms with Gasteiger partial charge in [0.05, 0.1) is 11.8 Å². The molecule has 0 bridgehead atoms. The fourth-order valence-corrected chi connectivity index (χ4v) is 2.32. The molecule has 0 aliphatic heterocycles. The van der Waals surface area contributed by atoms with Crippen LogP contribution in [0.1, 0.15) is 38.2 Å². The number of carbonyl (C=O) groups excluding carboxylic acids is 1. The van der Waals surface area contributed by atoms with Crippen LogP contribution in [0, 0.1) is 11.3 Å². The molecular weight excluding hydrogens is 256 g/mol. The van der Waals surface area contributed by atoms with Crippen molar-refractivity contribution in [3.8, 4) is 6.07 Å². The highest BCUT2D eigenvalue weighted by atomic mass is 32.2. The van der Waals surface area contributed by atoms with Gasteiger partial charge in [0.25, 0.3) is 0 Å². The third-order valence-electron chi connectivity index (χ3n) is 2.67. The van der Waals surface area contributed by atoms with Crippen molar-refractivity contribution >= 4 is 23.4 Å². The van der Waals surface area contributed by atoms with E-state index in [4.69, 9.17) is 5.26 Å². The lowest BCUT2D eigenvalue weighted by molar-refractivity contribution is -0.113. The van der Waals surface area contributed by atoms with Crippen LogP contribution in [0.15, 0.2) is 24.3 Å². The van der Waals surface area contributed by atoms with Gasteiger partial charge in [-0.3, -0.25) is 4.79 Å². The van der Waals surface area contributed by atoms with Crippen molar-refractivity contribution in [1.29, 1.82) is 5.26 Å². The average molecular weight is 276 g/mol. The summed E-state index contributed by atoms with van der Waals surface area (Å²) >= 11 is 1.57. The summed E-state index contributed by atoms with van der Waals surface area (Å²) < 4.78 is 0. The van der Waals surface area contributed by atoms with E-state index in [1.54, 1.807) is 11.8 Å². The van der Waals surface area contributed by atoms with Gasteiger partial charge in [0.2, 0.25) is 5.91 Å². The van der Waals surface area contributed by atoms with E-state index in [1.165, 1.54) is 5.56 Å². The molecule has 0 spiro atoms. The van der Waals surface area contributed by atoms with Gasteiger partial charge in [0, 0.05) is 12.1 Å². The van der Waals surface area contributed by atoms with Crippen molar-refractivity contribution < 1.29 is 4.79 Å². The molecule has 0 saturated carbocycles. The molecule has 0 radical (unpaired) electrons. The number of nitrogens with zero attached hydrogens (tertiary/aromatic N) is 1. The topological polar surface area (TPSA) is 52.9 Å². The van der Waals surface area contributed by atoms with Crippen LogP contribution in [0.25, 0.3) is 0 Å². The van der Waals surface area contributed by atoms with Crippen LogP contribution in [0.2, 0.25) is 0 Å². The van der Waals surface area contributed by atoms with E-state index in [0.29, 0.717) is 18.1 Å². The molecule has 0 saturated heterocycles. The Morgan fingerprint density at radius 3 is 2.63 bits per heavy atom. The second-order valence-corrected chi connectivity index (χ2v) is 5.74. The Hall–Kier alpha value is -1.47. The van der Waals surface area contributed by atoms with Crippen LogP contribution in [-0.4, -0.2) is 17.4 Å². The number of carbonyl (C=O) groups is 1. The number of amides is 1. The molecule has 19 heavy (non-hydrogen) atoms. The van der Waals surface area contributed by atoms with E-state index in [1.807, 2.05) is 24.3 Å². The SMILES string of the molecule is CC(C)c1ccc(NC(=O)CSCCCC#N)cc1. The molecular formula is C15H20N2OS. The van der Waals surface area contributed by atoms with Gasteiger partial charge in [-0.25, -0.2) is 0 Å². The van der Waals surface area contributed by atoms with Gasteiger partial charge in [-0.1, -0.05) is 26.0 Å². The summed E-state index contributed by atoms with van der Waals surface area (Å²) in [4.78, 5) is 11.7. The van der Waals surface area contributed by atoms with E-state index in [0.717, 1.165) is 17.9 Å². The maximum Gasteiger partial charge on any atom is 0.234 e. The summed E-state index contributed by atoms with van der Waals surface area (Å²) in [7, 11) is 0. The van der Waals surface area contributed by atoms with Crippen LogP contribution in [0.4, 0.5) is 5.69 Å². The highest BCUT2D eigenvalue weighted by molar-refractivity contribution is 7.99. The monoisotopic (exact) mass is 276 g/mol. The largest absolute Gasteiger partial charge is 0.325 e. The van der Waals surface area contributed by atoms with Gasteiger partial charge >= 0.3 is 0 Å². The second kappa shape index (κ2) is 8.60. The lowest BCUT2D eigenvalue weighted by Gasteiger charge is -2.08. The van der Waals surface area contributed by atoms with Gasteiger partial charge in [-0.05, 0) is 35.8 Å². The quantitative estimate of drug-likeness (QED) is 0.771. The zero-order chi connectivity index (χ0) is 14.1. The maximum atomic E-state index is 11.7. The first-order chi connectivity index (χ1) is 9.13. The van der Waals surface area contributed by atoms with Crippen LogP contribution in [0.3, 0.4) is 0 Å². The highest BCUT2D eigenvalue weighted by Crippen LogP contribution is 2.17. The van der Waals surface area contributed by atoms with Crippen molar-refractivity contribution in [2.24, 2.45) is 0 Å². The average Bonchev–Trinajstić information content (AvgIpc) is 2.39. The number of nitriles is 1. The Morgan fingerprint density at radius 2 is 2.05 bits per heavy atom. The molecule has 1 rings (SSSR count). The molecule has 102 valence electrons. The van der Waals surface area contributed by atoms with E-state index < -0.39 is 0 Å². The van der Waals surface area contributed by atoms with Crippen LogP contribution in [0.5, 0.6) is 0 Å². The van der Waals surface area contributed by atoms with Crippen molar-refractivity contribution in [2.45, 2.75) is 32.6 Å². The van der Waals surface area contributed by atoms with Crippen molar-refractivity contribution in [2.75, 3.05) is 16.8 Å². The number of hydrogen-bond acceptors (Lipinski definition) is 3. The summed E-state index contributed by atoms with van der Waals surface area (Å²) in [5.74, 6) is 1.81. The molecule has 1 aromatic carbocycles. The standard InChI is InChI=1S/C15H20N2OS/c1-12(2)13-5-7-14(8-6-13)17-15(18)11-19-10-4-3-9-16/h5-8,12H,3-4,10-11H2,1-2H3,(H,17,18). The van der Waals surface area contributed by atoms with Crippen LogP contribution < -0.4 is 5.32 Å². The summed E-state index contributed by atoms with van der Waals surface area (Å²) in [5, 5.41) is 11.3. The number of nitrogens with one attached hydrogen (secondary N) is 1. The van der Waals surface area contributed by atoms with Crippen molar-refractivity contribution in [3.63, 3.8) is 0 Å². The van der Waals surface area contributed by atoms with E-state index in [-0.39, 0.29) is 5.91 Å². The Labute approximate surface area is 119 Å². The van der Waals surface area contributed by atoms with Gasteiger partial charge in [-0.15, -0.1) is 0 Å². The lowest BCUT2D eigenvalue weighted by atomic mass is 10.0. The number of anilines is 1. The third-order valence-corrected chi connectivity index (χ3v) is 3.72. The second-order valence-electron chi connectivity index (χ2n) is 4.64. The zero-order valence-electron chi connectivity index (χ0n) is 11.5. The molecule has 0 heterocycles. The van der Waals surface area contributed by atoms with Gasteiger partial charge in [-0.2, -0.15) is 17.0 Å². The smallest absolute Gasteiger partial charge is 0.234 e. The summed E-state index contributed by atoms with van der Waals surface area (Å²) in [6.07, 6.45) is 1.41. The summed E-state index contributed by atoms with van der Waals surface area (Å²) in [6, 6.07) is 10.1. The highest BCUT2D eigenvalue weighted by Gasteiger charge is 2.03. The number of thioether (sulfide) groups is 1. The predicted octanol–water partition coefficient (Wildman–Crippen LogP) is 3.79. The Kier molecular flexibility index (Phi) is 7.06. The van der Waals surface area contributed by atoms with Gasteiger partial charge in [0.15, 0.2) is 0 Å². The Morgan fingerprint density at radius 1 is 1.37 bits per heavy atom. The first kappa shape index (κ1) is 15.6. The predicted molar refractivity (Wildman–Crippen MR) is 81.3 cm³/mol. The minimum absolute atomic E-state index is 0.0132. The fourth-order valence-electron chi connectivity index (χ4n) is 1.57. The first-order valence-electron chi connectivity index (χ1n) is 6.48. The molecule has 0 fully saturated rings. The molecule has 3 nitrogen and oxygen atoms in total. The number of hydrogen-bond donors (Lipinski definition) is 1. The zero-order valence-corrected chi connectivity index (χ0v) is 12.3. The van der Waals surface area contributed by atoms with Crippen molar-refractivity contribution in [3.05, 3.63) is 29.8 Å². The van der Waals surface area contributed by atoms with E-state index >= 15 is 0 Å². The molecule has 1 N–H and O–H groups in total. The summed E-state index contributed by atoms with van der Waals surface area (Å²) in [5.41, 5.74) is 2.11. The minimum atomic E-state index is 0.0132. The third kappa shape index (κ3) is 6.30. The number of rotatable bonds is 7. The molecule has 4 heteroatoms. The summed E-state index contributed by atoms with van der Waals surface area (Å²) in [6.45, 7) is 4.29. The normalized spacial score (nSPS) is 10.2. The Balaban J connectivity index is 2.30. The van der Waals surface area contributed by atoms with Gasteiger partial charge in [0.1, 0.15) is 0 Å². The molecule has 1 aromatic rings. The van der Waals surface area contributed by atoms with E-state index in [9.17, 15) is 4.79 Å².